The molecule has 2 saturated heterocycles. The number of allylic oxidation sites excluding steroid dienone is 1. The number of rotatable bonds is 1. The van der Waals surface area contributed by atoms with Gasteiger partial charge in [0.15, 0.2) is 5.79 Å². The van der Waals surface area contributed by atoms with Gasteiger partial charge in [-0.2, -0.15) is 0 Å². The normalized spacial score (nSPS) is 56.1. The quantitative estimate of drug-likeness (QED) is 0.375. The zero-order valence-corrected chi connectivity index (χ0v) is 22.9. The number of carbonyl (C=O) groups is 1. The summed E-state index contributed by atoms with van der Waals surface area (Å²) in [5.41, 5.74) is 0.518. The van der Waals surface area contributed by atoms with Crippen molar-refractivity contribution in [2.75, 3.05) is 0 Å². The van der Waals surface area contributed by atoms with Gasteiger partial charge in [0.1, 0.15) is 11.7 Å². The molecule has 6 rings (SSSR count). The highest BCUT2D eigenvalue weighted by molar-refractivity contribution is 5.66. The van der Waals surface area contributed by atoms with Crippen LogP contribution >= 0.6 is 0 Å². The molecular weight excluding hydrogens is 440 g/mol. The molecule has 6 aliphatic rings. The third-order valence-corrected chi connectivity index (χ3v) is 12.3. The number of carbonyl (C=O) groups excluding carboxylic acids is 1. The molecule has 0 unspecified atom stereocenters. The summed E-state index contributed by atoms with van der Waals surface area (Å²) in [6.45, 7) is 15.0. The monoisotopic (exact) mass is 486 g/mol. The smallest absolute Gasteiger partial charge is 0.302 e. The summed E-state index contributed by atoms with van der Waals surface area (Å²) in [6.07, 6.45) is 10.8. The van der Waals surface area contributed by atoms with Crippen molar-refractivity contribution in [1.29, 1.82) is 0 Å². The Morgan fingerprint density at radius 2 is 1.86 bits per heavy atom. The van der Waals surface area contributed by atoms with Crippen LogP contribution in [0, 0.1) is 40.4 Å². The van der Waals surface area contributed by atoms with Gasteiger partial charge >= 0.3 is 5.97 Å². The van der Waals surface area contributed by atoms with Crippen LogP contribution in [0.3, 0.4) is 0 Å². The predicted octanol–water partition coefficient (Wildman–Crippen LogP) is 5.79. The van der Waals surface area contributed by atoms with E-state index in [0.717, 1.165) is 44.9 Å². The SMILES string of the molecule is CC(=O)O[C@H]1CC[C@@]2(C)C(=CC[C@H]3[C@@H]4C[C@@H]5O[C@]6(C[C@H](C)C(C)(C)O6)[C@](C)(O)[C@@H]5[C@@]4(C)CC[C@@H]32)C1. The van der Waals surface area contributed by atoms with Gasteiger partial charge in [-0.3, -0.25) is 4.79 Å². The maximum absolute atomic E-state index is 12.2. The lowest BCUT2D eigenvalue weighted by Crippen LogP contribution is -2.58. The molecule has 2 aliphatic heterocycles. The summed E-state index contributed by atoms with van der Waals surface area (Å²) >= 11 is 0. The van der Waals surface area contributed by atoms with Gasteiger partial charge in [0.25, 0.3) is 0 Å². The van der Waals surface area contributed by atoms with Gasteiger partial charge in [-0.1, -0.05) is 32.4 Å². The van der Waals surface area contributed by atoms with E-state index in [9.17, 15) is 9.90 Å². The number of hydrogen-bond acceptors (Lipinski definition) is 5. The Labute approximate surface area is 211 Å². The van der Waals surface area contributed by atoms with Gasteiger partial charge in [-0.15, -0.1) is 0 Å². The van der Waals surface area contributed by atoms with Gasteiger partial charge in [-0.05, 0) is 93.8 Å². The van der Waals surface area contributed by atoms with E-state index >= 15 is 0 Å². The zero-order chi connectivity index (χ0) is 25.2. The van der Waals surface area contributed by atoms with E-state index in [0.29, 0.717) is 23.7 Å². The first kappa shape index (κ1) is 24.4. The Balaban J connectivity index is 1.28. The lowest BCUT2D eigenvalue weighted by molar-refractivity contribution is -0.298. The Hall–Kier alpha value is -0.910. The second kappa shape index (κ2) is 7.35. The van der Waals surface area contributed by atoms with Crippen molar-refractivity contribution in [1.82, 2.24) is 0 Å². The minimum absolute atomic E-state index is 0.0424. The van der Waals surface area contributed by atoms with Gasteiger partial charge in [0, 0.05) is 25.7 Å². The molecule has 0 aromatic carbocycles. The maximum Gasteiger partial charge on any atom is 0.302 e. The van der Waals surface area contributed by atoms with Gasteiger partial charge in [0.2, 0.25) is 0 Å². The highest BCUT2D eigenvalue weighted by atomic mass is 16.7. The van der Waals surface area contributed by atoms with Crippen molar-refractivity contribution in [3.63, 3.8) is 0 Å². The van der Waals surface area contributed by atoms with E-state index in [4.69, 9.17) is 14.2 Å². The Kier molecular flexibility index (Phi) is 5.13. The summed E-state index contributed by atoms with van der Waals surface area (Å²) in [4.78, 5) is 11.6. The van der Waals surface area contributed by atoms with Crippen LogP contribution < -0.4 is 0 Å². The molecule has 0 aromatic rings. The van der Waals surface area contributed by atoms with Crippen LogP contribution in [0.25, 0.3) is 0 Å². The largest absolute Gasteiger partial charge is 0.462 e. The molecule has 2 heterocycles. The van der Waals surface area contributed by atoms with Crippen molar-refractivity contribution < 1.29 is 24.1 Å². The number of ether oxygens (including phenoxy) is 3. The van der Waals surface area contributed by atoms with Crippen LogP contribution in [-0.2, 0) is 19.0 Å². The average Bonchev–Trinajstić information content (AvgIpc) is 3.25. The second-order valence-electron chi connectivity index (χ2n) is 14.4. The Bertz CT molecular complexity index is 952. The predicted molar refractivity (Wildman–Crippen MR) is 133 cm³/mol. The molecule has 0 aromatic heterocycles. The molecule has 11 atom stereocenters. The first-order valence-electron chi connectivity index (χ1n) is 14.2. The average molecular weight is 487 g/mol. The molecule has 196 valence electrons. The standard InChI is InChI=1S/C30H46O5/c1-17-16-30(35-26(17,3)4)29(7,32)25-24(34-30)15-23-21-9-8-19-14-20(33-18(2)31)10-12-27(19,5)22(21)11-13-28(23,25)6/h8,17,20-25,32H,9-16H2,1-7H3/t17-,20-,21+,22-,23-,24-,25-,27-,28-,29+,30-/m0/s1. The first-order valence-corrected chi connectivity index (χ1v) is 14.2. The highest BCUT2D eigenvalue weighted by Crippen LogP contribution is 2.72. The topological polar surface area (TPSA) is 65.0 Å². The summed E-state index contributed by atoms with van der Waals surface area (Å²) < 4.78 is 19.0. The fourth-order valence-corrected chi connectivity index (χ4v) is 10.3. The maximum atomic E-state index is 12.2. The number of aliphatic hydroxyl groups is 1. The van der Waals surface area contributed by atoms with E-state index in [-0.39, 0.29) is 40.5 Å². The lowest BCUT2D eigenvalue weighted by Gasteiger charge is -2.59. The van der Waals surface area contributed by atoms with Crippen LogP contribution in [0.15, 0.2) is 11.6 Å². The molecule has 0 amide bonds. The molecule has 1 spiro atoms. The van der Waals surface area contributed by atoms with Crippen LogP contribution in [0.4, 0.5) is 0 Å². The van der Waals surface area contributed by atoms with E-state index in [1.165, 1.54) is 18.9 Å². The summed E-state index contributed by atoms with van der Waals surface area (Å²) in [5, 5.41) is 12.2. The van der Waals surface area contributed by atoms with E-state index < -0.39 is 11.4 Å². The number of hydrogen-bond donors (Lipinski definition) is 1. The van der Waals surface area contributed by atoms with Crippen LogP contribution in [0.1, 0.15) is 99.8 Å². The van der Waals surface area contributed by atoms with Gasteiger partial charge in [-0.25, -0.2) is 0 Å². The van der Waals surface area contributed by atoms with Crippen LogP contribution in [0.5, 0.6) is 0 Å². The number of esters is 1. The summed E-state index contributed by atoms with van der Waals surface area (Å²) in [5.74, 6) is 1.28. The molecule has 1 N–H and O–H groups in total. The van der Waals surface area contributed by atoms with Gasteiger partial charge < -0.3 is 19.3 Å². The molecule has 0 radical (unpaired) electrons. The summed E-state index contributed by atoms with van der Waals surface area (Å²) in [7, 11) is 0. The fourth-order valence-electron chi connectivity index (χ4n) is 10.3. The fraction of sp³-hybridized carbons (Fsp3) is 0.900. The molecule has 5 nitrogen and oxygen atoms in total. The van der Waals surface area contributed by atoms with E-state index in [1.807, 2.05) is 6.92 Å². The molecule has 0 bridgehead atoms. The van der Waals surface area contributed by atoms with Crippen molar-refractivity contribution >= 4 is 5.97 Å². The van der Waals surface area contributed by atoms with Crippen molar-refractivity contribution in [3.05, 3.63) is 11.6 Å². The third-order valence-electron chi connectivity index (χ3n) is 12.3. The Morgan fingerprint density at radius 1 is 1.11 bits per heavy atom. The molecule has 35 heavy (non-hydrogen) atoms. The second-order valence-corrected chi connectivity index (χ2v) is 14.4. The molecule has 5 heteroatoms. The minimum Gasteiger partial charge on any atom is -0.462 e. The van der Waals surface area contributed by atoms with Gasteiger partial charge in [0.05, 0.1) is 11.7 Å². The van der Waals surface area contributed by atoms with Crippen LogP contribution in [0.2, 0.25) is 0 Å². The summed E-state index contributed by atoms with van der Waals surface area (Å²) in [6, 6.07) is 0. The van der Waals surface area contributed by atoms with Crippen molar-refractivity contribution in [2.24, 2.45) is 40.4 Å². The van der Waals surface area contributed by atoms with Crippen molar-refractivity contribution in [2.45, 2.75) is 129 Å². The first-order chi connectivity index (χ1) is 16.2. The minimum atomic E-state index is -0.988. The van der Waals surface area contributed by atoms with Crippen LogP contribution in [-0.4, -0.2) is 40.3 Å². The molecular formula is C30H46O5. The number of fused-ring (bicyclic) bond motifs is 7. The van der Waals surface area contributed by atoms with E-state index in [2.05, 4.69) is 40.7 Å². The molecule has 3 saturated carbocycles. The third kappa shape index (κ3) is 3.13. The zero-order valence-electron chi connectivity index (χ0n) is 22.9. The Morgan fingerprint density at radius 3 is 2.51 bits per heavy atom. The van der Waals surface area contributed by atoms with E-state index in [1.54, 1.807) is 0 Å². The molecule has 5 fully saturated rings. The molecule has 4 aliphatic carbocycles. The van der Waals surface area contributed by atoms with Crippen molar-refractivity contribution in [3.8, 4) is 0 Å². The highest BCUT2D eigenvalue weighted by Gasteiger charge is 2.76. The lowest BCUT2D eigenvalue weighted by atomic mass is 9.46.